The molecule has 2 aromatic rings. The molecule has 0 aromatic heterocycles. The minimum atomic E-state index is -0.174. The molecule has 0 spiro atoms. The average Bonchev–Trinajstić information content (AvgIpc) is 2.90. The molecule has 1 heteroatoms. The van der Waals surface area contributed by atoms with Crippen molar-refractivity contribution >= 4 is 5.78 Å². The van der Waals surface area contributed by atoms with Gasteiger partial charge in [0, 0.05) is 0 Å². The Kier molecular flexibility index (Phi) is 7.75. The number of rotatable bonds is 5. The Morgan fingerprint density at radius 2 is 1.68 bits per heavy atom. The molecule has 0 radical (unpaired) electrons. The van der Waals surface area contributed by atoms with E-state index in [9.17, 15) is 4.79 Å². The van der Waals surface area contributed by atoms with Gasteiger partial charge in [-0.05, 0) is 102 Å². The zero-order valence-electron chi connectivity index (χ0n) is 23.8. The van der Waals surface area contributed by atoms with Crippen molar-refractivity contribution in [3.8, 4) is 0 Å². The van der Waals surface area contributed by atoms with E-state index in [2.05, 4.69) is 95.0 Å². The van der Waals surface area contributed by atoms with Crippen LogP contribution < -0.4 is 0 Å². The van der Waals surface area contributed by atoms with Crippen molar-refractivity contribution < 1.29 is 4.79 Å². The SMILES string of the molecule is C=C1/C(=C\C=C(/C)Cc2ccc(C3CCC(C)CC3)cc2)C=CC(=O)C1C1CCC(C)(C)c2ccccc21. The van der Waals surface area contributed by atoms with Crippen molar-refractivity contribution in [1.29, 1.82) is 0 Å². The third kappa shape index (κ3) is 5.58. The summed E-state index contributed by atoms with van der Waals surface area (Å²) in [6.07, 6.45) is 16.6. The first kappa shape index (κ1) is 26.7. The second-order valence-corrected chi connectivity index (χ2v) is 12.9. The van der Waals surface area contributed by atoms with Gasteiger partial charge in [-0.2, -0.15) is 0 Å². The van der Waals surface area contributed by atoms with Crippen molar-refractivity contribution in [3.63, 3.8) is 0 Å². The molecule has 1 nitrogen and oxygen atoms in total. The van der Waals surface area contributed by atoms with Gasteiger partial charge in [-0.15, -0.1) is 0 Å². The molecule has 2 unspecified atom stereocenters. The smallest absolute Gasteiger partial charge is 0.163 e. The summed E-state index contributed by atoms with van der Waals surface area (Å²) in [6.45, 7) is 13.7. The minimum absolute atomic E-state index is 0.147. The van der Waals surface area contributed by atoms with Gasteiger partial charge < -0.3 is 0 Å². The summed E-state index contributed by atoms with van der Waals surface area (Å²) >= 11 is 0. The van der Waals surface area contributed by atoms with Crippen molar-refractivity contribution in [2.75, 3.05) is 0 Å². The summed E-state index contributed by atoms with van der Waals surface area (Å²) < 4.78 is 0. The molecular weight excluding hydrogens is 460 g/mol. The molecule has 0 saturated heterocycles. The zero-order valence-corrected chi connectivity index (χ0v) is 23.8. The Balaban J connectivity index is 1.29. The van der Waals surface area contributed by atoms with Crippen LogP contribution in [0.3, 0.4) is 0 Å². The highest BCUT2D eigenvalue weighted by Gasteiger charge is 2.40. The average molecular weight is 505 g/mol. The fourth-order valence-corrected chi connectivity index (χ4v) is 7.04. The highest BCUT2D eigenvalue weighted by atomic mass is 16.1. The summed E-state index contributed by atoms with van der Waals surface area (Å²) in [6, 6.07) is 18.1. The van der Waals surface area contributed by atoms with Gasteiger partial charge in [0.1, 0.15) is 0 Å². The van der Waals surface area contributed by atoms with E-state index in [1.165, 1.54) is 53.5 Å². The Labute approximate surface area is 230 Å². The fraction of sp³-hybridized carbons (Fsp3) is 0.432. The molecule has 3 aliphatic rings. The van der Waals surface area contributed by atoms with Gasteiger partial charge in [-0.1, -0.05) is 113 Å². The third-order valence-electron chi connectivity index (χ3n) is 9.55. The van der Waals surface area contributed by atoms with Gasteiger partial charge in [0.15, 0.2) is 5.78 Å². The lowest BCUT2D eigenvalue weighted by atomic mass is 9.63. The fourth-order valence-electron chi connectivity index (χ4n) is 7.04. The Morgan fingerprint density at radius 3 is 2.42 bits per heavy atom. The lowest BCUT2D eigenvalue weighted by Crippen LogP contribution is -2.33. The van der Waals surface area contributed by atoms with Gasteiger partial charge in [-0.3, -0.25) is 4.79 Å². The van der Waals surface area contributed by atoms with E-state index < -0.39 is 0 Å². The van der Waals surface area contributed by atoms with Crippen molar-refractivity contribution in [2.45, 2.75) is 89.9 Å². The molecule has 1 fully saturated rings. The van der Waals surface area contributed by atoms with Crippen LogP contribution >= 0.6 is 0 Å². The van der Waals surface area contributed by atoms with Crippen LogP contribution in [0.25, 0.3) is 0 Å². The molecular formula is C37H44O. The van der Waals surface area contributed by atoms with E-state index in [-0.39, 0.29) is 23.0 Å². The summed E-state index contributed by atoms with van der Waals surface area (Å²) in [5, 5.41) is 0. The van der Waals surface area contributed by atoms with E-state index in [1.807, 2.05) is 6.08 Å². The highest BCUT2D eigenvalue weighted by Crippen LogP contribution is 2.48. The number of hydrogen-bond donors (Lipinski definition) is 0. The van der Waals surface area contributed by atoms with Crippen LogP contribution in [0, 0.1) is 11.8 Å². The van der Waals surface area contributed by atoms with Gasteiger partial charge in [-0.25, -0.2) is 0 Å². The molecule has 0 amide bonds. The molecule has 2 aromatic carbocycles. The van der Waals surface area contributed by atoms with Crippen LogP contribution in [0.15, 0.2) is 96.1 Å². The molecule has 3 aliphatic carbocycles. The summed E-state index contributed by atoms with van der Waals surface area (Å²) in [7, 11) is 0. The highest BCUT2D eigenvalue weighted by molar-refractivity contribution is 5.98. The maximum absolute atomic E-state index is 13.2. The second kappa shape index (κ2) is 11.0. The summed E-state index contributed by atoms with van der Waals surface area (Å²) in [5.41, 5.74) is 9.09. The number of carbonyl (C=O) groups excluding carboxylic acids is 1. The first-order valence-corrected chi connectivity index (χ1v) is 14.7. The lowest BCUT2D eigenvalue weighted by Gasteiger charge is -2.41. The first-order valence-electron chi connectivity index (χ1n) is 14.7. The Hall–Kier alpha value is -2.93. The molecule has 0 aliphatic heterocycles. The third-order valence-corrected chi connectivity index (χ3v) is 9.55. The predicted octanol–water partition coefficient (Wildman–Crippen LogP) is 9.56. The van der Waals surface area contributed by atoms with Gasteiger partial charge in [0.2, 0.25) is 0 Å². The predicted molar refractivity (Wildman–Crippen MR) is 161 cm³/mol. The lowest BCUT2D eigenvalue weighted by molar-refractivity contribution is -0.118. The van der Waals surface area contributed by atoms with Crippen molar-refractivity contribution in [2.24, 2.45) is 11.8 Å². The van der Waals surface area contributed by atoms with Crippen molar-refractivity contribution in [3.05, 3.63) is 118 Å². The standard InChI is InChI=1S/C37H44O/c1-25-10-16-30(17-11-25)31-18-13-28(14-19-31)24-26(2)12-15-29-20-21-35(38)36(27(29)3)33-22-23-37(4,5)34-9-7-6-8-32(33)34/h6-9,12-15,18-21,25,30,33,36H,3,10-11,16-17,22-24H2,1-2,4-5H3/b26-12+,29-15-. The number of benzene rings is 2. The Morgan fingerprint density at radius 1 is 0.974 bits per heavy atom. The quantitative estimate of drug-likeness (QED) is 0.396. The maximum atomic E-state index is 13.2. The van der Waals surface area contributed by atoms with E-state index in [0.717, 1.165) is 42.2 Å². The van der Waals surface area contributed by atoms with Crippen LogP contribution in [0.5, 0.6) is 0 Å². The summed E-state index contributed by atoms with van der Waals surface area (Å²) in [5.74, 6) is 1.85. The number of ketones is 1. The second-order valence-electron chi connectivity index (χ2n) is 12.9. The molecule has 2 atom stereocenters. The largest absolute Gasteiger partial charge is 0.294 e. The number of fused-ring (bicyclic) bond motifs is 1. The van der Waals surface area contributed by atoms with Crippen LogP contribution in [-0.4, -0.2) is 5.78 Å². The van der Waals surface area contributed by atoms with E-state index >= 15 is 0 Å². The molecule has 1 saturated carbocycles. The van der Waals surface area contributed by atoms with Gasteiger partial charge >= 0.3 is 0 Å². The molecule has 0 heterocycles. The summed E-state index contributed by atoms with van der Waals surface area (Å²) in [4.78, 5) is 13.2. The molecule has 0 N–H and O–H groups in total. The number of carbonyl (C=O) groups is 1. The van der Waals surface area contributed by atoms with Crippen molar-refractivity contribution in [1.82, 2.24) is 0 Å². The first-order chi connectivity index (χ1) is 18.2. The molecule has 38 heavy (non-hydrogen) atoms. The molecule has 5 rings (SSSR count). The number of hydrogen-bond acceptors (Lipinski definition) is 1. The number of allylic oxidation sites excluding steroid dienone is 7. The zero-order chi connectivity index (χ0) is 26.9. The normalized spacial score (nSPS) is 28.4. The van der Waals surface area contributed by atoms with Crippen LogP contribution in [0.1, 0.15) is 100 Å². The van der Waals surface area contributed by atoms with Gasteiger partial charge in [0.05, 0.1) is 5.92 Å². The maximum Gasteiger partial charge on any atom is 0.163 e. The van der Waals surface area contributed by atoms with Gasteiger partial charge in [0.25, 0.3) is 0 Å². The molecule has 198 valence electrons. The van der Waals surface area contributed by atoms with E-state index in [4.69, 9.17) is 0 Å². The van der Waals surface area contributed by atoms with E-state index in [1.54, 1.807) is 6.08 Å². The topological polar surface area (TPSA) is 17.1 Å². The van der Waals surface area contributed by atoms with Crippen LogP contribution in [0.2, 0.25) is 0 Å². The minimum Gasteiger partial charge on any atom is -0.294 e. The Bertz CT molecular complexity index is 1270. The van der Waals surface area contributed by atoms with E-state index in [0.29, 0.717) is 0 Å². The molecule has 0 bridgehead atoms. The van der Waals surface area contributed by atoms with Crippen LogP contribution in [0.4, 0.5) is 0 Å². The van der Waals surface area contributed by atoms with Crippen LogP contribution in [-0.2, 0) is 16.6 Å². The monoisotopic (exact) mass is 504 g/mol.